The Balaban J connectivity index is 2.06. The zero-order valence-corrected chi connectivity index (χ0v) is 13.9. The second-order valence-electron chi connectivity index (χ2n) is 5.85. The molecule has 0 spiro atoms. The number of halogens is 1. The van der Waals surface area contributed by atoms with Crippen molar-refractivity contribution in [1.29, 1.82) is 0 Å². The second-order valence-corrected chi connectivity index (χ2v) is 5.85. The van der Waals surface area contributed by atoms with Gasteiger partial charge < -0.3 is 9.84 Å². The molecule has 0 heterocycles. The summed E-state index contributed by atoms with van der Waals surface area (Å²) in [5.41, 5.74) is 1.48. The molecule has 0 aliphatic rings. The van der Waals surface area contributed by atoms with Crippen LogP contribution in [0.3, 0.4) is 0 Å². The first-order valence-electron chi connectivity index (χ1n) is 8.30. The van der Waals surface area contributed by atoms with Crippen molar-refractivity contribution in [1.82, 2.24) is 0 Å². The molecule has 0 fully saturated rings. The molecule has 0 amide bonds. The smallest absolute Gasteiger partial charge is 0.311 e. The summed E-state index contributed by atoms with van der Waals surface area (Å²) in [7, 11) is 0. The molecule has 4 heteroatoms. The predicted octanol–water partition coefficient (Wildman–Crippen LogP) is 4.81. The lowest BCUT2D eigenvalue weighted by molar-refractivity contribution is -0.138. The van der Waals surface area contributed by atoms with E-state index in [9.17, 15) is 14.3 Å². The Morgan fingerprint density at radius 3 is 2.58 bits per heavy atom. The highest BCUT2D eigenvalue weighted by atomic mass is 19.1. The molecule has 0 aromatic heterocycles. The minimum atomic E-state index is -0.920. The average molecular weight is 330 g/mol. The van der Waals surface area contributed by atoms with Crippen LogP contribution in [-0.2, 0) is 11.2 Å². The molecule has 1 N–H and O–H groups in total. The van der Waals surface area contributed by atoms with Gasteiger partial charge in [-0.25, -0.2) is 4.39 Å². The van der Waals surface area contributed by atoms with Crippen LogP contribution in [0.2, 0.25) is 0 Å². The van der Waals surface area contributed by atoms with Crippen molar-refractivity contribution in [2.75, 3.05) is 6.61 Å². The maximum atomic E-state index is 13.0. The summed E-state index contributed by atoms with van der Waals surface area (Å²) in [6, 6.07) is 13.1. The van der Waals surface area contributed by atoms with Crippen molar-refractivity contribution in [3.8, 4) is 5.75 Å². The third-order valence-electron chi connectivity index (χ3n) is 3.93. The van der Waals surface area contributed by atoms with E-state index < -0.39 is 11.9 Å². The van der Waals surface area contributed by atoms with E-state index in [4.69, 9.17) is 4.74 Å². The molecule has 0 radical (unpaired) electrons. The van der Waals surface area contributed by atoms with Gasteiger partial charge in [0.1, 0.15) is 11.6 Å². The van der Waals surface area contributed by atoms with Gasteiger partial charge in [-0.05, 0) is 48.2 Å². The number of ether oxygens (including phenoxy) is 1. The number of carbonyl (C=O) groups is 1. The van der Waals surface area contributed by atoms with E-state index >= 15 is 0 Å². The van der Waals surface area contributed by atoms with Crippen LogP contribution in [0.15, 0.2) is 48.5 Å². The monoisotopic (exact) mass is 330 g/mol. The van der Waals surface area contributed by atoms with Gasteiger partial charge in [-0.15, -0.1) is 0 Å². The van der Waals surface area contributed by atoms with Gasteiger partial charge in [0.25, 0.3) is 0 Å². The van der Waals surface area contributed by atoms with Crippen molar-refractivity contribution in [3.05, 3.63) is 65.5 Å². The normalized spacial score (nSPS) is 11.9. The van der Waals surface area contributed by atoms with Gasteiger partial charge in [0, 0.05) is 0 Å². The summed E-state index contributed by atoms with van der Waals surface area (Å²) in [5, 5.41) is 9.50. The molecule has 1 unspecified atom stereocenters. The first-order valence-corrected chi connectivity index (χ1v) is 8.30. The number of carboxylic acid groups (broad SMARTS) is 1. The molecule has 2 aromatic carbocycles. The quantitative estimate of drug-likeness (QED) is 0.671. The van der Waals surface area contributed by atoms with Crippen LogP contribution in [0.1, 0.15) is 43.2 Å². The van der Waals surface area contributed by atoms with Crippen molar-refractivity contribution >= 4 is 5.97 Å². The molecule has 0 aliphatic carbocycles. The van der Waals surface area contributed by atoms with E-state index in [0.717, 1.165) is 30.6 Å². The summed E-state index contributed by atoms with van der Waals surface area (Å²) in [4.78, 5) is 11.6. The minimum absolute atomic E-state index is 0.340. The van der Waals surface area contributed by atoms with Crippen LogP contribution in [0, 0.1) is 5.82 Å². The van der Waals surface area contributed by atoms with Gasteiger partial charge in [0.05, 0.1) is 12.5 Å². The Morgan fingerprint density at radius 2 is 1.92 bits per heavy atom. The molecule has 0 bridgehead atoms. The second kappa shape index (κ2) is 9.06. The van der Waals surface area contributed by atoms with E-state index in [1.54, 1.807) is 0 Å². The van der Waals surface area contributed by atoms with Crippen molar-refractivity contribution in [3.63, 3.8) is 0 Å². The third kappa shape index (κ3) is 5.37. The van der Waals surface area contributed by atoms with Gasteiger partial charge in [-0.2, -0.15) is 0 Å². The maximum absolute atomic E-state index is 13.0. The average Bonchev–Trinajstić information content (AvgIpc) is 2.58. The van der Waals surface area contributed by atoms with Crippen LogP contribution < -0.4 is 4.74 Å². The Bertz CT molecular complexity index is 652. The highest BCUT2D eigenvalue weighted by molar-refractivity contribution is 5.76. The number of carboxylic acids is 1. The van der Waals surface area contributed by atoms with Gasteiger partial charge in [0.15, 0.2) is 0 Å². The molecule has 0 saturated heterocycles. The number of hydrogen-bond donors (Lipinski definition) is 1. The zero-order chi connectivity index (χ0) is 17.4. The van der Waals surface area contributed by atoms with Gasteiger partial charge in [-0.1, -0.05) is 44.0 Å². The van der Waals surface area contributed by atoms with Gasteiger partial charge in [0.2, 0.25) is 0 Å². The molecule has 2 aromatic rings. The van der Waals surface area contributed by atoms with Gasteiger partial charge >= 0.3 is 5.97 Å². The lowest BCUT2D eigenvalue weighted by Gasteiger charge is -2.14. The Kier molecular flexibility index (Phi) is 6.79. The molecule has 0 aliphatic heterocycles. The van der Waals surface area contributed by atoms with Crippen LogP contribution in [0.25, 0.3) is 0 Å². The lowest BCUT2D eigenvalue weighted by Crippen LogP contribution is -2.14. The van der Waals surface area contributed by atoms with Crippen LogP contribution in [0.4, 0.5) is 4.39 Å². The van der Waals surface area contributed by atoms with E-state index in [1.807, 2.05) is 24.3 Å². The standard InChI is InChI=1S/C20H23FO3/c1-2-3-4-12-24-18-7-5-6-15(13-18)14-19(20(22)23)16-8-10-17(21)11-9-16/h5-11,13,19H,2-4,12,14H2,1H3,(H,22,23). The summed E-state index contributed by atoms with van der Waals surface area (Å²) < 4.78 is 18.8. The molecule has 0 saturated carbocycles. The number of aliphatic carboxylic acids is 1. The molecular formula is C20H23FO3. The van der Waals surface area contributed by atoms with E-state index in [2.05, 4.69) is 6.92 Å². The summed E-state index contributed by atoms with van der Waals surface area (Å²) in [6.07, 6.45) is 3.62. The molecule has 3 nitrogen and oxygen atoms in total. The number of rotatable bonds is 9. The number of benzene rings is 2. The Labute approximate surface area is 142 Å². The summed E-state index contributed by atoms with van der Waals surface area (Å²) in [6.45, 7) is 2.81. The van der Waals surface area contributed by atoms with E-state index in [-0.39, 0.29) is 5.82 Å². The fraction of sp³-hybridized carbons (Fsp3) is 0.350. The minimum Gasteiger partial charge on any atom is -0.494 e. The number of hydrogen-bond acceptors (Lipinski definition) is 2. The Hall–Kier alpha value is -2.36. The fourth-order valence-electron chi connectivity index (χ4n) is 2.58. The van der Waals surface area contributed by atoms with E-state index in [0.29, 0.717) is 18.6 Å². The highest BCUT2D eigenvalue weighted by Crippen LogP contribution is 2.24. The maximum Gasteiger partial charge on any atom is 0.311 e. The van der Waals surface area contributed by atoms with Crippen LogP contribution in [-0.4, -0.2) is 17.7 Å². The largest absolute Gasteiger partial charge is 0.494 e. The molecule has 2 rings (SSSR count). The van der Waals surface area contributed by atoms with Crippen molar-refractivity contribution in [2.45, 2.75) is 38.5 Å². The molecule has 1 atom stereocenters. The molecular weight excluding hydrogens is 307 g/mol. The van der Waals surface area contributed by atoms with Crippen LogP contribution >= 0.6 is 0 Å². The third-order valence-corrected chi connectivity index (χ3v) is 3.93. The SMILES string of the molecule is CCCCCOc1cccc(CC(C(=O)O)c2ccc(F)cc2)c1. The van der Waals surface area contributed by atoms with Gasteiger partial charge in [-0.3, -0.25) is 4.79 Å². The van der Waals surface area contributed by atoms with Crippen molar-refractivity contribution < 1.29 is 19.0 Å². The first-order chi connectivity index (χ1) is 11.6. The molecule has 24 heavy (non-hydrogen) atoms. The predicted molar refractivity (Wildman–Crippen MR) is 91.9 cm³/mol. The Morgan fingerprint density at radius 1 is 1.17 bits per heavy atom. The molecule has 128 valence electrons. The number of unbranched alkanes of at least 4 members (excludes halogenated alkanes) is 2. The summed E-state index contributed by atoms with van der Waals surface area (Å²) >= 11 is 0. The lowest BCUT2D eigenvalue weighted by atomic mass is 9.92. The van der Waals surface area contributed by atoms with Crippen LogP contribution in [0.5, 0.6) is 5.75 Å². The highest BCUT2D eigenvalue weighted by Gasteiger charge is 2.20. The van der Waals surface area contributed by atoms with E-state index in [1.165, 1.54) is 24.3 Å². The summed E-state index contributed by atoms with van der Waals surface area (Å²) in [5.74, 6) is -1.24. The zero-order valence-electron chi connectivity index (χ0n) is 13.9. The fourth-order valence-corrected chi connectivity index (χ4v) is 2.58. The first kappa shape index (κ1) is 18.0. The topological polar surface area (TPSA) is 46.5 Å². The van der Waals surface area contributed by atoms with Crippen molar-refractivity contribution in [2.24, 2.45) is 0 Å².